The standard InChI is InChI=1S/C9H17NO.C6H12N/c11-8-2-4-9-3-1-6-10(9)7-5-9;1-2-4-6-7-5-3-1/h11H,1-8H2;1-6H2/q+1;. The quantitative estimate of drug-likeness (QED) is 0.768. The molecule has 104 valence electrons. The number of fused-ring (bicyclic) bond motifs is 1. The minimum absolute atomic E-state index is 0.371. The molecule has 3 rings (SSSR count). The molecule has 0 aromatic rings. The summed E-state index contributed by atoms with van der Waals surface area (Å²) in [5.41, 5.74) is 0.558. The SMILES string of the molecule is C1CCC[N]CC1.OCCCC12CCC[N+]1CC2. The van der Waals surface area contributed by atoms with Crippen molar-refractivity contribution < 1.29 is 5.11 Å². The Hall–Kier alpha value is -0.120. The molecule has 3 fully saturated rings. The highest BCUT2D eigenvalue weighted by Crippen LogP contribution is 2.41. The van der Waals surface area contributed by atoms with Gasteiger partial charge in [0.1, 0.15) is 18.6 Å². The van der Waals surface area contributed by atoms with Crippen LogP contribution in [-0.4, -0.2) is 43.4 Å². The van der Waals surface area contributed by atoms with Crippen molar-refractivity contribution in [1.82, 2.24) is 10.2 Å². The Bertz CT molecular complexity index is 215. The summed E-state index contributed by atoms with van der Waals surface area (Å²) in [5, 5.41) is 13.0. The van der Waals surface area contributed by atoms with Crippen molar-refractivity contribution in [1.29, 1.82) is 0 Å². The predicted octanol–water partition coefficient (Wildman–Crippen LogP) is 2.00. The summed E-state index contributed by atoms with van der Waals surface area (Å²) < 4.78 is 0. The van der Waals surface area contributed by atoms with E-state index in [-0.39, 0.29) is 0 Å². The van der Waals surface area contributed by atoms with Gasteiger partial charge in [0.05, 0.1) is 6.42 Å². The third-order valence-electron chi connectivity index (χ3n) is 4.77. The van der Waals surface area contributed by atoms with Crippen molar-refractivity contribution in [3.05, 3.63) is 0 Å². The van der Waals surface area contributed by atoms with E-state index in [2.05, 4.69) is 10.2 Å². The fourth-order valence-electron chi connectivity index (χ4n) is 3.55. The first-order chi connectivity index (χ1) is 8.87. The monoisotopic (exact) mass is 253 g/mol. The number of aliphatic hydroxyl groups is 1. The molecule has 2 radical (unpaired) electrons. The molecule has 18 heavy (non-hydrogen) atoms. The Morgan fingerprint density at radius 3 is 2.28 bits per heavy atom. The van der Waals surface area contributed by atoms with E-state index in [9.17, 15) is 0 Å². The second kappa shape index (κ2) is 7.46. The zero-order valence-corrected chi connectivity index (χ0v) is 11.7. The van der Waals surface area contributed by atoms with Crippen LogP contribution < -0.4 is 10.2 Å². The van der Waals surface area contributed by atoms with Crippen molar-refractivity contribution >= 4 is 0 Å². The van der Waals surface area contributed by atoms with Gasteiger partial charge < -0.3 is 5.11 Å². The van der Waals surface area contributed by atoms with Gasteiger partial charge in [-0.2, -0.15) is 4.90 Å². The van der Waals surface area contributed by atoms with Gasteiger partial charge >= 0.3 is 0 Å². The second-order valence-electron chi connectivity index (χ2n) is 5.98. The second-order valence-corrected chi connectivity index (χ2v) is 5.98. The minimum atomic E-state index is 0.371. The Morgan fingerprint density at radius 1 is 0.944 bits per heavy atom. The summed E-state index contributed by atoms with van der Waals surface area (Å²) in [5.74, 6) is 0. The molecule has 1 atom stereocenters. The average Bonchev–Trinajstić information content (AvgIpc) is 2.63. The number of rotatable bonds is 3. The van der Waals surface area contributed by atoms with E-state index < -0.39 is 0 Å². The van der Waals surface area contributed by atoms with Gasteiger partial charge in [0.25, 0.3) is 0 Å². The van der Waals surface area contributed by atoms with Crippen LogP contribution in [-0.2, 0) is 0 Å². The van der Waals surface area contributed by atoms with E-state index in [0.717, 1.165) is 19.5 Å². The van der Waals surface area contributed by atoms with E-state index in [1.807, 2.05) is 0 Å². The van der Waals surface area contributed by atoms with Crippen LogP contribution in [0, 0.1) is 0 Å². The van der Waals surface area contributed by atoms with E-state index in [0.29, 0.717) is 12.1 Å². The molecule has 1 N–H and O–H groups in total. The summed E-state index contributed by atoms with van der Waals surface area (Å²) in [6, 6.07) is 0. The molecular weight excluding hydrogens is 224 g/mol. The van der Waals surface area contributed by atoms with Gasteiger partial charge in [0.2, 0.25) is 0 Å². The third kappa shape index (κ3) is 3.69. The lowest BCUT2D eigenvalue weighted by Gasteiger charge is -2.38. The zero-order chi connectivity index (χ0) is 12.7. The maximum absolute atomic E-state index is 8.73. The number of nitrogens with zero attached hydrogens (tertiary/aromatic N) is 2. The van der Waals surface area contributed by atoms with Gasteiger partial charge in [-0.25, -0.2) is 5.32 Å². The van der Waals surface area contributed by atoms with Crippen LogP contribution in [0.25, 0.3) is 0 Å². The van der Waals surface area contributed by atoms with Crippen LogP contribution in [0.2, 0.25) is 0 Å². The normalized spacial score (nSPS) is 31.8. The van der Waals surface area contributed by atoms with Gasteiger partial charge in [-0.1, -0.05) is 12.8 Å². The Kier molecular flexibility index (Phi) is 5.93. The van der Waals surface area contributed by atoms with Crippen molar-refractivity contribution in [3.8, 4) is 0 Å². The Balaban J connectivity index is 0.000000149. The topological polar surface area (TPSA) is 40.2 Å². The van der Waals surface area contributed by atoms with Gasteiger partial charge in [-0.05, 0) is 19.3 Å². The zero-order valence-electron chi connectivity index (χ0n) is 11.7. The molecule has 0 amide bonds. The highest BCUT2D eigenvalue weighted by Gasteiger charge is 2.56. The third-order valence-corrected chi connectivity index (χ3v) is 4.77. The predicted molar refractivity (Wildman–Crippen MR) is 75.1 cm³/mol. The fourth-order valence-corrected chi connectivity index (χ4v) is 3.55. The highest BCUT2D eigenvalue weighted by molar-refractivity contribution is 5.07. The van der Waals surface area contributed by atoms with Crippen LogP contribution >= 0.6 is 0 Å². The molecule has 3 aliphatic rings. The van der Waals surface area contributed by atoms with E-state index >= 15 is 0 Å². The largest absolute Gasteiger partial charge is 0.396 e. The first-order valence-electron chi connectivity index (χ1n) is 7.87. The first kappa shape index (κ1) is 14.3. The van der Waals surface area contributed by atoms with Crippen molar-refractivity contribution in [2.75, 3.05) is 32.8 Å². The van der Waals surface area contributed by atoms with Crippen LogP contribution in [0.1, 0.15) is 57.8 Å². The lowest BCUT2D eigenvalue weighted by molar-refractivity contribution is 0.101. The molecule has 1 unspecified atom stereocenters. The van der Waals surface area contributed by atoms with Crippen LogP contribution in [0.5, 0.6) is 0 Å². The van der Waals surface area contributed by atoms with E-state index in [4.69, 9.17) is 5.11 Å². The molecule has 0 saturated carbocycles. The van der Waals surface area contributed by atoms with Crippen LogP contribution in [0.4, 0.5) is 0 Å². The molecule has 3 saturated heterocycles. The maximum Gasteiger partial charge on any atom is 0.148 e. The van der Waals surface area contributed by atoms with Gasteiger partial charge in [0, 0.05) is 39.0 Å². The molecule has 0 aromatic carbocycles. The molecule has 3 heteroatoms. The molecule has 3 heterocycles. The summed E-state index contributed by atoms with van der Waals surface area (Å²) in [6.07, 6.45) is 11.8. The molecular formula is C15H29N2O+. The Morgan fingerprint density at radius 2 is 1.72 bits per heavy atom. The highest BCUT2D eigenvalue weighted by atomic mass is 16.2. The molecule has 3 aliphatic heterocycles. The van der Waals surface area contributed by atoms with Gasteiger partial charge in [-0.3, -0.25) is 0 Å². The summed E-state index contributed by atoms with van der Waals surface area (Å²) in [6.45, 7) is 5.24. The van der Waals surface area contributed by atoms with Crippen molar-refractivity contribution in [3.63, 3.8) is 0 Å². The average molecular weight is 253 g/mol. The van der Waals surface area contributed by atoms with E-state index in [1.165, 1.54) is 64.5 Å². The van der Waals surface area contributed by atoms with Crippen molar-refractivity contribution in [2.45, 2.75) is 63.3 Å². The molecule has 0 bridgehead atoms. The molecule has 3 nitrogen and oxygen atoms in total. The fraction of sp³-hybridized carbons (Fsp3) is 1.00. The lowest BCUT2D eigenvalue weighted by Crippen LogP contribution is -2.59. The minimum Gasteiger partial charge on any atom is -0.396 e. The molecule has 0 aliphatic carbocycles. The van der Waals surface area contributed by atoms with Crippen molar-refractivity contribution in [2.24, 2.45) is 0 Å². The smallest absolute Gasteiger partial charge is 0.148 e. The summed E-state index contributed by atoms with van der Waals surface area (Å²) in [4.78, 5) is 2.60. The summed E-state index contributed by atoms with van der Waals surface area (Å²) in [7, 11) is 0. The Labute approximate surface area is 112 Å². The van der Waals surface area contributed by atoms with Crippen LogP contribution in [0.3, 0.4) is 0 Å². The molecule has 0 aromatic heterocycles. The first-order valence-corrected chi connectivity index (χ1v) is 7.87. The summed E-state index contributed by atoms with van der Waals surface area (Å²) >= 11 is 0. The van der Waals surface area contributed by atoms with Crippen LogP contribution in [0.15, 0.2) is 0 Å². The number of hydrogen-bond donors (Lipinski definition) is 1. The number of hydrogen-bond acceptors (Lipinski definition) is 2. The molecule has 0 spiro atoms. The maximum atomic E-state index is 8.73. The lowest BCUT2D eigenvalue weighted by atomic mass is 9.81. The van der Waals surface area contributed by atoms with Gasteiger partial charge in [0.15, 0.2) is 0 Å². The van der Waals surface area contributed by atoms with E-state index in [1.54, 1.807) is 0 Å². The van der Waals surface area contributed by atoms with Gasteiger partial charge in [-0.15, -0.1) is 0 Å². The number of aliphatic hydroxyl groups excluding tert-OH is 1.